The molecule has 0 aliphatic heterocycles. The molecule has 1 rings (SSSR count). The summed E-state index contributed by atoms with van der Waals surface area (Å²) in [6.07, 6.45) is 0.839. The summed E-state index contributed by atoms with van der Waals surface area (Å²) in [6.45, 7) is 0. The molecule has 0 heterocycles. The monoisotopic (exact) mass is 288 g/mol. The van der Waals surface area contributed by atoms with Crippen LogP contribution in [-0.2, 0) is 16.5 Å². The van der Waals surface area contributed by atoms with Gasteiger partial charge in [-0.25, -0.2) is 0 Å². The summed E-state index contributed by atoms with van der Waals surface area (Å²) in [4.78, 5) is -0.0641. The van der Waals surface area contributed by atoms with Crippen LogP contribution in [0.5, 0.6) is 0 Å². The third-order valence-corrected chi connectivity index (χ3v) is 2.87. The van der Waals surface area contributed by atoms with Crippen molar-refractivity contribution in [2.45, 2.75) is 11.3 Å². The fraction of sp³-hybridized carbons (Fsp3) is 0.250. The van der Waals surface area contributed by atoms with Crippen molar-refractivity contribution >= 4 is 55.6 Å². The zero-order chi connectivity index (χ0) is 9.90. The molecule has 0 saturated carbocycles. The van der Waals surface area contributed by atoms with Gasteiger partial charge in [0.1, 0.15) is 0 Å². The van der Waals surface area contributed by atoms with Crippen LogP contribution in [0.25, 0.3) is 0 Å². The van der Waals surface area contributed by atoms with Crippen LogP contribution in [0, 0.1) is 0 Å². The fourth-order valence-corrected chi connectivity index (χ4v) is 1.88. The summed E-state index contributed by atoms with van der Waals surface area (Å²) in [5.74, 6) is 0. The second-order valence-corrected chi connectivity index (χ2v) is 4.77. The summed E-state index contributed by atoms with van der Waals surface area (Å²) in [5, 5.41) is 0.832. The van der Waals surface area contributed by atoms with Crippen molar-refractivity contribution in [2.24, 2.45) is 0 Å². The van der Waals surface area contributed by atoms with Gasteiger partial charge in [0.05, 0.1) is 4.90 Å². The minimum atomic E-state index is -4.05. The van der Waals surface area contributed by atoms with Gasteiger partial charge in [0, 0.05) is 5.33 Å². The summed E-state index contributed by atoms with van der Waals surface area (Å²) >= 11 is 3.28. The summed E-state index contributed by atoms with van der Waals surface area (Å²) in [5.41, 5.74) is 1.03. The molecule has 0 atom stereocenters. The molecule has 0 aliphatic carbocycles. The van der Waals surface area contributed by atoms with Crippen LogP contribution in [0.1, 0.15) is 5.56 Å². The quantitative estimate of drug-likeness (QED) is 0.517. The first-order valence-electron chi connectivity index (χ1n) is 3.66. The first-order valence-corrected chi connectivity index (χ1v) is 6.22. The molecule has 14 heavy (non-hydrogen) atoms. The summed E-state index contributed by atoms with van der Waals surface area (Å²) in [6, 6.07) is 6.16. The molecule has 0 amide bonds. The number of benzene rings is 1. The molecule has 0 saturated heterocycles. The number of rotatable bonds is 3. The van der Waals surface area contributed by atoms with E-state index in [1.807, 2.05) is 0 Å². The Bertz CT molecular complexity index is 374. The molecule has 0 unspecified atom stereocenters. The number of hydrogen-bond acceptors (Lipinski definition) is 2. The molecule has 0 radical (unpaired) electrons. The Morgan fingerprint density at radius 2 is 1.71 bits per heavy atom. The Morgan fingerprint density at radius 3 is 2.07 bits per heavy atom. The van der Waals surface area contributed by atoms with Gasteiger partial charge in [-0.3, -0.25) is 4.55 Å². The number of halogens is 1. The number of hydrogen-bond donors (Lipinski definition) is 1. The van der Waals surface area contributed by atoms with Crippen molar-refractivity contribution in [3.63, 3.8) is 0 Å². The molecular weight excluding hydrogens is 279 g/mol. The van der Waals surface area contributed by atoms with Gasteiger partial charge in [-0.1, -0.05) is 28.1 Å². The molecule has 74 valence electrons. The Hall–Kier alpha value is 0.610. The molecule has 0 spiro atoms. The van der Waals surface area contributed by atoms with Crippen molar-refractivity contribution in [3.05, 3.63) is 29.8 Å². The molecule has 3 nitrogen and oxygen atoms in total. The van der Waals surface area contributed by atoms with E-state index in [-0.39, 0.29) is 34.5 Å². The minimum absolute atomic E-state index is 0. The van der Waals surface area contributed by atoms with E-state index in [4.69, 9.17) is 4.55 Å². The molecule has 0 bridgehead atoms. The van der Waals surface area contributed by atoms with Crippen molar-refractivity contribution in [1.29, 1.82) is 0 Å². The molecule has 0 fully saturated rings. The van der Waals surface area contributed by atoms with Crippen molar-refractivity contribution in [1.82, 2.24) is 0 Å². The zero-order valence-corrected chi connectivity index (χ0v) is 9.18. The van der Waals surface area contributed by atoms with E-state index in [0.717, 1.165) is 17.3 Å². The van der Waals surface area contributed by atoms with Gasteiger partial charge in [0.25, 0.3) is 10.1 Å². The number of alkyl halides is 1. The van der Waals surface area contributed by atoms with Gasteiger partial charge >= 0.3 is 29.6 Å². The Morgan fingerprint density at radius 1 is 1.21 bits per heavy atom. The van der Waals surface area contributed by atoms with E-state index in [1.165, 1.54) is 12.1 Å². The topological polar surface area (TPSA) is 54.4 Å². The normalized spacial score (nSPS) is 10.7. The van der Waals surface area contributed by atoms with Crippen molar-refractivity contribution in [2.75, 3.05) is 5.33 Å². The van der Waals surface area contributed by atoms with Crippen LogP contribution in [0.3, 0.4) is 0 Å². The second-order valence-electron chi connectivity index (χ2n) is 2.56. The maximum atomic E-state index is 10.6. The van der Waals surface area contributed by atoms with Gasteiger partial charge in [-0.15, -0.1) is 0 Å². The maximum absolute atomic E-state index is 10.6. The van der Waals surface area contributed by atoms with Crippen LogP contribution in [0.2, 0.25) is 0 Å². The van der Waals surface area contributed by atoms with Gasteiger partial charge in [-0.2, -0.15) is 8.42 Å². The predicted molar refractivity (Wildman–Crippen MR) is 60.9 cm³/mol. The Kier molecular flexibility index (Phi) is 6.52. The SMILES string of the molecule is O=S(=O)(O)c1ccc(CCBr)cc1.[NaH]. The molecular formula is C8H10BrNaO3S. The average molecular weight is 289 g/mol. The van der Waals surface area contributed by atoms with E-state index < -0.39 is 10.1 Å². The third-order valence-electron chi connectivity index (χ3n) is 1.60. The fourth-order valence-electron chi connectivity index (χ4n) is 0.937. The first-order chi connectivity index (χ1) is 6.04. The van der Waals surface area contributed by atoms with Gasteiger partial charge in [0.15, 0.2) is 0 Å². The number of aryl methyl sites for hydroxylation is 1. The van der Waals surface area contributed by atoms with E-state index >= 15 is 0 Å². The van der Waals surface area contributed by atoms with Gasteiger partial charge in [-0.05, 0) is 24.1 Å². The molecule has 1 aromatic carbocycles. The molecule has 0 aromatic heterocycles. The molecule has 1 aromatic rings. The Balaban J connectivity index is 0.00000169. The van der Waals surface area contributed by atoms with Crippen LogP contribution >= 0.6 is 15.9 Å². The predicted octanol–water partition coefficient (Wildman–Crippen LogP) is 1.22. The van der Waals surface area contributed by atoms with Gasteiger partial charge < -0.3 is 0 Å². The van der Waals surface area contributed by atoms with Crippen molar-refractivity contribution in [3.8, 4) is 0 Å². The third kappa shape index (κ3) is 4.42. The van der Waals surface area contributed by atoms with Gasteiger partial charge in [0.2, 0.25) is 0 Å². The van der Waals surface area contributed by atoms with Crippen molar-refractivity contribution < 1.29 is 13.0 Å². The van der Waals surface area contributed by atoms with Crippen LogP contribution in [0.15, 0.2) is 29.2 Å². The molecule has 1 N–H and O–H groups in total. The molecule has 6 heteroatoms. The Labute approximate surface area is 114 Å². The van der Waals surface area contributed by atoms with E-state index in [0.29, 0.717) is 0 Å². The van der Waals surface area contributed by atoms with E-state index in [2.05, 4.69) is 15.9 Å². The average Bonchev–Trinajstić information content (AvgIpc) is 2.04. The summed E-state index contributed by atoms with van der Waals surface area (Å²) in [7, 11) is -4.05. The zero-order valence-electron chi connectivity index (χ0n) is 6.77. The van der Waals surface area contributed by atoms with E-state index in [1.54, 1.807) is 12.1 Å². The van der Waals surface area contributed by atoms with Crippen LogP contribution in [-0.4, -0.2) is 47.9 Å². The van der Waals surface area contributed by atoms with Crippen LogP contribution < -0.4 is 0 Å². The summed E-state index contributed by atoms with van der Waals surface area (Å²) < 4.78 is 30.0. The standard InChI is InChI=1S/C8H9BrO3S.Na.H/c9-6-5-7-1-3-8(4-2-7)13(10,11)12;;/h1-4H,5-6H2,(H,10,11,12);;. The molecule has 0 aliphatic rings. The van der Waals surface area contributed by atoms with Crippen LogP contribution in [0.4, 0.5) is 0 Å². The van der Waals surface area contributed by atoms with E-state index in [9.17, 15) is 8.42 Å². The first kappa shape index (κ1) is 14.6. The second kappa shape index (κ2) is 6.25.